The number of nitrogens with zero attached hydrogens (tertiary/aromatic N) is 2. The molecule has 1 fully saturated rings. The van der Waals surface area contributed by atoms with Crippen LogP contribution in [0.4, 0.5) is 5.69 Å². The summed E-state index contributed by atoms with van der Waals surface area (Å²) in [5.41, 5.74) is 3.70. The quantitative estimate of drug-likeness (QED) is 0.761. The Labute approximate surface area is 151 Å². The van der Waals surface area contributed by atoms with E-state index in [1.54, 1.807) is 16.7 Å². The molecular weight excluding hydrogens is 328 g/mol. The Balaban J connectivity index is 1.69. The van der Waals surface area contributed by atoms with Crippen molar-refractivity contribution < 1.29 is 9.59 Å². The van der Waals surface area contributed by atoms with Crippen molar-refractivity contribution >= 4 is 23.0 Å². The fraction of sp³-hybridized carbons (Fsp3) is 0.250. The van der Waals surface area contributed by atoms with E-state index in [0.717, 1.165) is 24.0 Å². The number of anilines is 1. The van der Waals surface area contributed by atoms with Crippen LogP contribution in [-0.4, -0.2) is 27.2 Å². The van der Waals surface area contributed by atoms with Gasteiger partial charge in [-0.15, -0.1) is 0 Å². The third-order valence-corrected chi connectivity index (χ3v) is 4.36. The number of benzene rings is 1. The zero-order chi connectivity index (χ0) is 18.3. The SMILES string of the molecule is Cc1cc(C)cc(NC(=O)c2nc(C(=O)NC3CC3)n3ccccc23)c1. The molecule has 1 aromatic carbocycles. The number of amides is 2. The highest BCUT2D eigenvalue weighted by Gasteiger charge is 2.27. The van der Waals surface area contributed by atoms with Gasteiger partial charge in [-0.3, -0.25) is 14.0 Å². The molecule has 0 spiro atoms. The summed E-state index contributed by atoms with van der Waals surface area (Å²) in [6, 6.07) is 11.5. The van der Waals surface area contributed by atoms with E-state index in [-0.39, 0.29) is 29.4 Å². The molecule has 1 saturated carbocycles. The fourth-order valence-electron chi connectivity index (χ4n) is 3.08. The topological polar surface area (TPSA) is 75.5 Å². The van der Waals surface area contributed by atoms with Crippen LogP contribution in [-0.2, 0) is 0 Å². The number of carbonyl (C=O) groups is 2. The lowest BCUT2D eigenvalue weighted by Crippen LogP contribution is -2.27. The van der Waals surface area contributed by atoms with Crippen LogP contribution < -0.4 is 10.6 Å². The third-order valence-electron chi connectivity index (χ3n) is 4.36. The normalized spacial score (nSPS) is 13.6. The van der Waals surface area contributed by atoms with Gasteiger partial charge >= 0.3 is 0 Å². The summed E-state index contributed by atoms with van der Waals surface area (Å²) in [4.78, 5) is 29.6. The highest BCUT2D eigenvalue weighted by Crippen LogP contribution is 2.21. The van der Waals surface area contributed by atoms with Gasteiger partial charge in [-0.2, -0.15) is 0 Å². The lowest BCUT2D eigenvalue weighted by Gasteiger charge is -2.06. The molecule has 0 radical (unpaired) electrons. The molecule has 2 heterocycles. The molecule has 2 aromatic heterocycles. The maximum Gasteiger partial charge on any atom is 0.287 e. The highest BCUT2D eigenvalue weighted by molar-refractivity contribution is 6.09. The van der Waals surface area contributed by atoms with E-state index in [1.165, 1.54) is 0 Å². The molecule has 0 atom stereocenters. The molecule has 0 aliphatic heterocycles. The molecule has 132 valence electrons. The van der Waals surface area contributed by atoms with Gasteiger partial charge in [0.05, 0.1) is 5.52 Å². The van der Waals surface area contributed by atoms with E-state index < -0.39 is 0 Å². The maximum atomic E-state index is 12.8. The van der Waals surface area contributed by atoms with Crippen LogP contribution >= 0.6 is 0 Å². The molecule has 3 aromatic rings. The highest BCUT2D eigenvalue weighted by atomic mass is 16.2. The minimum absolute atomic E-state index is 0.228. The lowest BCUT2D eigenvalue weighted by molar-refractivity contribution is 0.0940. The number of hydrogen-bond donors (Lipinski definition) is 2. The van der Waals surface area contributed by atoms with Crippen LogP contribution in [0.5, 0.6) is 0 Å². The first kappa shape index (κ1) is 16.3. The van der Waals surface area contributed by atoms with Gasteiger partial charge in [0.15, 0.2) is 5.69 Å². The monoisotopic (exact) mass is 348 g/mol. The van der Waals surface area contributed by atoms with Crippen molar-refractivity contribution in [3.8, 4) is 0 Å². The van der Waals surface area contributed by atoms with Crippen LogP contribution in [0.3, 0.4) is 0 Å². The third kappa shape index (κ3) is 3.18. The minimum atomic E-state index is -0.329. The zero-order valence-electron chi connectivity index (χ0n) is 14.7. The van der Waals surface area contributed by atoms with Gasteiger partial charge in [-0.05, 0) is 62.1 Å². The maximum absolute atomic E-state index is 12.8. The predicted molar refractivity (Wildman–Crippen MR) is 99.5 cm³/mol. The number of hydrogen-bond acceptors (Lipinski definition) is 3. The van der Waals surface area contributed by atoms with E-state index >= 15 is 0 Å². The van der Waals surface area contributed by atoms with Gasteiger partial charge in [-0.1, -0.05) is 12.1 Å². The Morgan fingerprint density at radius 1 is 1.08 bits per heavy atom. The summed E-state index contributed by atoms with van der Waals surface area (Å²) >= 11 is 0. The van der Waals surface area contributed by atoms with Crippen molar-refractivity contribution in [1.82, 2.24) is 14.7 Å². The van der Waals surface area contributed by atoms with Gasteiger partial charge in [0.1, 0.15) is 0 Å². The number of imidazole rings is 1. The predicted octanol–water partition coefficient (Wildman–Crippen LogP) is 3.10. The first-order chi connectivity index (χ1) is 12.5. The average Bonchev–Trinajstić information content (AvgIpc) is 3.31. The Hall–Kier alpha value is -3.15. The molecule has 2 N–H and O–H groups in total. The van der Waals surface area contributed by atoms with Gasteiger partial charge in [-0.25, -0.2) is 4.98 Å². The van der Waals surface area contributed by atoms with Crippen molar-refractivity contribution in [1.29, 1.82) is 0 Å². The largest absolute Gasteiger partial charge is 0.347 e. The molecule has 6 nitrogen and oxygen atoms in total. The van der Waals surface area contributed by atoms with Crippen LogP contribution in [0, 0.1) is 13.8 Å². The minimum Gasteiger partial charge on any atom is -0.347 e. The molecule has 1 aliphatic carbocycles. The van der Waals surface area contributed by atoms with Crippen LogP contribution in [0.2, 0.25) is 0 Å². The summed E-state index contributed by atoms with van der Waals surface area (Å²) in [5, 5.41) is 5.82. The molecule has 0 unspecified atom stereocenters. The zero-order valence-corrected chi connectivity index (χ0v) is 14.7. The number of pyridine rings is 1. The van der Waals surface area contributed by atoms with E-state index in [9.17, 15) is 9.59 Å². The lowest BCUT2D eigenvalue weighted by atomic mass is 10.1. The van der Waals surface area contributed by atoms with Crippen LogP contribution in [0.1, 0.15) is 45.1 Å². The number of aromatic nitrogens is 2. The van der Waals surface area contributed by atoms with Crippen molar-refractivity contribution in [2.45, 2.75) is 32.7 Å². The van der Waals surface area contributed by atoms with Crippen molar-refractivity contribution in [3.05, 3.63) is 65.2 Å². The number of aryl methyl sites for hydroxylation is 2. The summed E-state index contributed by atoms with van der Waals surface area (Å²) in [7, 11) is 0. The summed E-state index contributed by atoms with van der Waals surface area (Å²) < 4.78 is 1.66. The number of carbonyl (C=O) groups excluding carboxylic acids is 2. The molecule has 2 amide bonds. The molecular formula is C20H20N4O2. The first-order valence-electron chi connectivity index (χ1n) is 8.69. The second-order valence-corrected chi connectivity index (χ2v) is 6.82. The number of fused-ring (bicyclic) bond motifs is 1. The molecule has 6 heteroatoms. The van der Waals surface area contributed by atoms with Gasteiger partial charge < -0.3 is 10.6 Å². The fourth-order valence-corrected chi connectivity index (χ4v) is 3.08. The molecule has 0 saturated heterocycles. The van der Waals surface area contributed by atoms with E-state index in [0.29, 0.717) is 11.2 Å². The van der Waals surface area contributed by atoms with Gasteiger partial charge in [0.25, 0.3) is 11.8 Å². The molecule has 1 aliphatic rings. The molecule has 26 heavy (non-hydrogen) atoms. The number of rotatable bonds is 4. The van der Waals surface area contributed by atoms with Crippen LogP contribution in [0.25, 0.3) is 5.52 Å². The van der Waals surface area contributed by atoms with Crippen LogP contribution in [0.15, 0.2) is 42.6 Å². The van der Waals surface area contributed by atoms with E-state index in [2.05, 4.69) is 15.6 Å². The van der Waals surface area contributed by atoms with Crippen molar-refractivity contribution in [2.75, 3.05) is 5.32 Å². The standard InChI is InChI=1S/C20H20N4O2/c1-12-9-13(2)11-15(10-12)22-19(25)17-16-5-3-4-8-24(16)18(23-17)20(26)21-14-6-7-14/h3-5,8-11,14H,6-7H2,1-2H3,(H,21,26)(H,22,25). The van der Waals surface area contributed by atoms with E-state index in [1.807, 2.05) is 44.2 Å². The van der Waals surface area contributed by atoms with E-state index in [4.69, 9.17) is 0 Å². The second kappa shape index (κ2) is 6.29. The molecule has 0 bridgehead atoms. The average molecular weight is 348 g/mol. The summed E-state index contributed by atoms with van der Waals surface area (Å²) in [6.45, 7) is 3.96. The Bertz CT molecular complexity index is 998. The van der Waals surface area contributed by atoms with Gasteiger partial charge in [0.2, 0.25) is 5.82 Å². The summed E-state index contributed by atoms with van der Waals surface area (Å²) in [5.74, 6) is -0.346. The van der Waals surface area contributed by atoms with Crippen molar-refractivity contribution in [3.63, 3.8) is 0 Å². The summed E-state index contributed by atoms with van der Waals surface area (Å²) in [6.07, 6.45) is 3.74. The Morgan fingerprint density at radius 2 is 1.81 bits per heavy atom. The Morgan fingerprint density at radius 3 is 2.50 bits per heavy atom. The second-order valence-electron chi connectivity index (χ2n) is 6.82. The first-order valence-corrected chi connectivity index (χ1v) is 8.69. The number of nitrogens with one attached hydrogen (secondary N) is 2. The van der Waals surface area contributed by atoms with Gasteiger partial charge in [0, 0.05) is 17.9 Å². The van der Waals surface area contributed by atoms with Crippen molar-refractivity contribution in [2.24, 2.45) is 0 Å². The Kier molecular flexibility index (Phi) is 3.95. The molecule has 4 rings (SSSR count). The smallest absolute Gasteiger partial charge is 0.287 e.